The summed E-state index contributed by atoms with van der Waals surface area (Å²) in [6.45, 7) is 1.53. The lowest BCUT2D eigenvalue weighted by Gasteiger charge is -2.00. The Morgan fingerprint density at radius 3 is 2.55 bits per heavy atom. The highest BCUT2D eigenvalue weighted by molar-refractivity contribution is 6.30. The van der Waals surface area contributed by atoms with Crippen molar-refractivity contribution in [2.24, 2.45) is 0 Å². The molecular formula is C5H10BN2O3. The van der Waals surface area contributed by atoms with Gasteiger partial charge in [0.25, 0.3) is 0 Å². The fourth-order valence-electron chi connectivity index (χ4n) is 0.431. The molecule has 0 aliphatic rings. The van der Waals surface area contributed by atoms with Crippen LogP contribution < -0.4 is 10.5 Å². The Bertz CT molecular complexity index is 151. The lowest BCUT2D eigenvalue weighted by molar-refractivity contribution is -0.137. The van der Waals surface area contributed by atoms with Gasteiger partial charge >= 0.3 is 5.97 Å². The van der Waals surface area contributed by atoms with Gasteiger partial charge in [0.05, 0.1) is 6.54 Å². The van der Waals surface area contributed by atoms with Crippen LogP contribution in [0.15, 0.2) is 0 Å². The quantitative estimate of drug-likeness (QED) is 0.422. The van der Waals surface area contributed by atoms with E-state index in [2.05, 4.69) is 10.5 Å². The molecule has 0 aromatic heterocycles. The van der Waals surface area contributed by atoms with Gasteiger partial charge in [-0.25, -0.2) is 0 Å². The van der Waals surface area contributed by atoms with Crippen LogP contribution in [0.3, 0.4) is 0 Å². The highest BCUT2D eigenvalue weighted by Gasteiger charge is 2.01. The number of carbonyl (C=O) groups is 2. The Balaban J connectivity index is 3.30. The predicted molar refractivity (Wildman–Crippen MR) is 40.3 cm³/mol. The van der Waals surface area contributed by atoms with Gasteiger partial charge in [0.15, 0.2) is 0 Å². The van der Waals surface area contributed by atoms with Crippen molar-refractivity contribution in [2.45, 2.75) is 6.82 Å². The number of carboxylic acids is 1. The Morgan fingerprint density at radius 2 is 2.09 bits per heavy atom. The van der Waals surface area contributed by atoms with E-state index >= 15 is 0 Å². The maximum absolute atomic E-state index is 10.6. The van der Waals surface area contributed by atoms with Crippen LogP contribution >= 0.6 is 0 Å². The van der Waals surface area contributed by atoms with Crippen molar-refractivity contribution in [1.29, 1.82) is 0 Å². The normalized spacial score (nSPS) is 8.82. The van der Waals surface area contributed by atoms with E-state index in [0.29, 0.717) is 0 Å². The lowest BCUT2D eigenvalue weighted by Crippen LogP contribution is -2.37. The van der Waals surface area contributed by atoms with Gasteiger partial charge in [0.2, 0.25) is 13.3 Å². The smallest absolute Gasteiger partial charge is 0.322 e. The number of aliphatic carboxylic acids is 1. The molecule has 0 spiro atoms. The van der Waals surface area contributed by atoms with Crippen molar-refractivity contribution in [3.8, 4) is 0 Å². The van der Waals surface area contributed by atoms with Crippen molar-refractivity contribution in [2.75, 3.05) is 13.1 Å². The number of carbonyl (C=O) groups excluding carboxylic acids is 1. The number of carboxylic acid groups (broad SMARTS) is 1. The summed E-state index contributed by atoms with van der Waals surface area (Å²) in [7, 11) is 1.61. The van der Waals surface area contributed by atoms with Crippen LogP contribution in [0.4, 0.5) is 0 Å². The van der Waals surface area contributed by atoms with Crippen LogP contribution in [0, 0.1) is 0 Å². The second-order valence-electron chi connectivity index (χ2n) is 1.84. The molecule has 1 radical (unpaired) electrons. The zero-order chi connectivity index (χ0) is 8.69. The van der Waals surface area contributed by atoms with E-state index < -0.39 is 5.97 Å². The van der Waals surface area contributed by atoms with Crippen molar-refractivity contribution in [3.63, 3.8) is 0 Å². The molecule has 0 aromatic rings. The van der Waals surface area contributed by atoms with E-state index in [0.717, 1.165) is 0 Å². The summed E-state index contributed by atoms with van der Waals surface area (Å²) in [5.41, 5.74) is 0. The number of nitrogens with one attached hydrogen (secondary N) is 2. The van der Waals surface area contributed by atoms with Gasteiger partial charge in [-0.1, -0.05) is 6.82 Å². The van der Waals surface area contributed by atoms with Gasteiger partial charge in [-0.15, -0.1) is 0 Å². The van der Waals surface area contributed by atoms with Crippen LogP contribution in [-0.2, 0) is 9.59 Å². The topological polar surface area (TPSA) is 78.4 Å². The molecule has 0 aliphatic carbocycles. The van der Waals surface area contributed by atoms with E-state index in [9.17, 15) is 9.59 Å². The molecule has 0 saturated carbocycles. The van der Waals surface area contributed by atoms with Crippen LogP contribution in [0.2, 0.25) is 6.82 Å². The molecule has 0 saturated heterocycles. The van der Waals surface area contributed by atoms with Crippen LogP contribution in [0.1, 0.15) is 0 Å². The molecule has 0 bridgehead atoms. The largest absolute Gasteiger partial charge is 0.480 e. The van der Waals surface area contributed by atoms with Gasteiger partial charge in [0, 0.05) is 0 Å². The third-order valence-corrected chi connectivity index (χ3v) is 0.904. The lowest BCUT2D eigenvalue weighted by atomic mass is 10.0. The monoisotopic (exact) mass is 157 g/mol. The number of hydrogen-bond acceptors (Lipinski definition) is 3. The molecule has 0 aromatic carbocycles. The van der Waals surface area contributed by atoms with Gasteiger partial charge < -0.3 is 15.7 Å². The average molecular weight is 157 g/mol. The fraction of sp³-hybridized carbons (Fsp3) is 0.600. The first kappa shape index (κ1) is 9.96. The van der Waals surface area contributed by atoms with Gasteiger partial charge in [-0.05, 0) is 0 Å². The minimum absolute atomic E-state index is 0.115. The first-order valence-corrected chi connectivity index (χ1v) is 3.16. The summed E-state index contributed by atoms with van der Waals surface area (Å²) >= 11 is 0. The third kappa shape index (κ3) is 6.86. The zero-order valence-electron chi connectivity index (χ0n) is 6.26. The van der Waals surface area contributed by atoms with E-state index in [-0.39, 0.29) is 19.0 Å². The second-order valence-corrected chi connectivity index (χ2v) is 1.84. The molecule has 1 amide bonds. The average Bonchev–Trinajstić information content (AvgIpc) is 1.97. The molecule has 0 heterocycles. The molecule has 0 atom stereocenters. The maximum atomic E-state index is 10.6. The van der Waals surface area contributed by atoms with Crippen LogP contribution in [-0.4, -0.2) is 37.5 Å². The SMILES string of the molecule is C[B]NCC(=O)NCC(=O)O. The molecule has 0 unspecified atom stereocenters. The first-order valence-electron chi connectivity index (χ1n) is 3.16. The van der Waals surface area contributed by atoms with E-state index in [1.54, 1.807) is 14.2 Å². The van der Waals surface area contributed by atoms with Gasteiger partial charge in [0.1, 0.15) is 6.54 Å². The first-order chi connectivity index (χ1) is 5.16. The Kier molecular flexibility index (Phi) is 5.19. The maximum Gasteiger partial charge on any atom is 0.322 e. The highest BCUT2D eigenvalue weighted by atomic mass is 16.4. The summed E-state index contributed by atoms with van der Waals surface area (Å²) < 4.78 is 0. The molecule has 61 valence electrons. The minimum Gasteiger partial charge on any atom is -0.480 e. The zero-order valence-corrected chi connectivity index (χ0v) is 6.26. The van der Waals surface area contributed by atoms with Crippen molar-refractivity contribution < 1.29 is 14.7 Å². The van der Waals surface area contributed by atoms with Crippen LogP contribution in [0.25, 0.3) is 0 Å². The Morgan fingerprint density at radius 1 is 1.45 bits per heavy atom. The summed E-state index contributed by atoms with van der Waals surface area (Å²) in [6.07, 6.45) is 0. The third-order valence-electron chi connectivity index (χ3n) is 0.904. The van der Waals surface area contributed by atoms with Crippen LogP contribution in [0.5, 0.6) is 0 Å². The number of hydrogen-bond donors (Lipinski definition) is 3. The second kappa shape index (κ2) is 5.73. The van der Waals surface area contributed by atoms with Gasteiger partial charge in [-0.2, -0.15) is 0 Å². The standard InChI is InChI=1S/C5H10BN2O3/c1-6-8-2-4(9)7-3-5(10)11/h8H,2-3H2,1H3,(H,7,9)(H,10,11). The molecule has 0 aliphatic heterocycles. The summed E-state index contributed by atoms with van der Waals surface area (Å²) in [4.78, 5) is 20.6. The summed E-state index contributed by atoms with van der Waals surface area (Å²) in [5, 5.41) is 13.0. The molecule has 3 N–H and O–H groups in total. The predicted octanol–water partition coefficient (Wildman–Crippen LogP) is -1.56. The molecule has 6 heteroatoms. The number of rotatable bonds is 5. The minimum atomic E-state index is -1.04. The molecular weight excluding hydrogens is 147 g/mol. The van der Waals surface area contributed by atoms with E-state index in [1.165, 1.54) is 0 Å². The summed E-state index contributed by atoms with van der Waals surface area (Å²) in [5.74, 6) is -1.37. The molecule has 0 rings (SSSR count). The van der Waals surface area contributed by atoms with Crippen molar-refractivity contribution in [3.05, 3.63) is 0 Å². The summed E-state index contributed by atoms with van der Waals surface area (Å²) in [6, 6.07) is 0. The van der Waals surface area contributed by atoms with E-state index in [1.807, 2.05) is 0 Å². The van der Waals surface area contributed by atoms with Crippen molar-refractivity contribution >= 4 is 19.3 Å². The van der Waals surface area contributed by atoms with Gasteiger partial charge in [-0.3, -0.25) is 9.59 Å². The Hall–Kier alpha value is -1.04. The molecule has 0 fully saturated rings. The number of amides is 1. The fourth-order valence-corrected chi connectivity index (χ4v) is 0.431. The molecule has 11 heavy (non-hydrogen) atoms. The van der Waals surface area contributed by atoms with Crippen molar-refractivity contribution in [1.82, 2.24) is 10.5 Å². The molecule has 5 nitrogen and oxygen atoms in total. The highest BCUT2D eigenvalue weighted by Crippen LogP contribution is 1.64. The Labute approximate surface area is 65.4 Å². The van der Waals surface area contributed by atoms with E-state index in [4.69, 9.17) is 5.11 Å².